The fourth-order valence-corrected chi connectivity index (χ4v) is 2.15. The molecule has 1 fully saturated rings. The van der Waals surface area contributed by atoms with E-state index in [2.05, 4.69) is 20.6 Å². The van der Waals surface area contributed by atoms with Crippen molar-refractivity contribution in [1.82, 2.24) is 20.6 Å². The SMILES string of the molecule is Cc1noc2ncc(-c3cc(CNC4CC4)on3)cc12. The lowest BCUT2D eigenvalue weighted by molar-refractivity contribution is 0.374. The summed E-state index contributed by atoms with van der Waals surface area (Å²) in [4.78, 5) is 4.25. The van der Waals surface area contributed by atoms with Crippen LogP contribution < -0.4 is 5.32 Å². The molecule has 6 heteroatoms. The Morgan fingerprint density at radius 3 is 3.00 bits per heavy atom. The van der Waals surface area contributed by atoms with Gasteiger partial charge in [-0.3, -0.25) is 0 Å². The first kappa shape index (κ1) is 11.6. The van der Waals surface area contributed by atoms with E-state index in [0.29, 0.717) is 11.8 Å². The Hall–Kier alpha value is -2.21. The quantitative estimate of drug-likeness (QED) is 0.784. The van der Waals surface area contributed by atoms with Gasteiger partial charge < -0.3 is 14.4 Å². The molecule has 0 bridgehead atoms. The second-order valence-electron chi connectivity index (χ2n) is 5.18. The fourth-order valence-electron chi connectivity index (χ4n) is 2.15. The van der Waals surface area contributed by atoms with Crippen molar-refractivity contribution in [1.29, 1.82) is 0 Å². The Morgan fingerprint density at radius 1 is 1.25 bits per heavy atom. The molecule has 102 valence electrons. The monoisotopic (exact) mass is 270 g/mol. The van der Waals surface area contributed by atoms with Crippen molar-refractivity contribution in [3.05, 3.63) is 29.8 Å². The molecule has 0 aromatic carbocycles. The maximum Gasteiger partial charge on any atom is 0.257 e. The summed E-state index contributed by atoms with van der Waals surface area (Å²) >= 11 is 0. The van der Waals surface area contributed by atoms with Crippen LogP contribution in [0.5, 0.6) is 0 Å². The van der Waals surface area contributed by atoms with Crippen LogP contribution in [0.25, 0.3) is 22.4 Å². The Labute approximate surface area is 115 Å². The van der Waals surface area contributed by atoms with Gasteiger partial charge in [-0.1, -0.05) is 10.3 Å². The average Bonchev–Trinajstić information content (AvgIpc) is 3.06. The fraction of sp³-hybridized carbons (Fsp3) is 0.357. The minimum atomic E-state index is 0.547. The Bertz CT molecular complexity index is 757. The topological polar surface area (TPSA) is 77.0 Å². The third-order valence-corrected chi connectivity index (χ3v) is 3.51. The molecule has 0 unspecified atom stereocenters. The highest BCUT2D eigenvalue weighted by Gasteiger charge is 2.21. The first-order valence-corrected chi connectivity index (χ1v) is 6.71. The van der Waals surface area contributed by atoms with E-state index in [-0.39, 0.29) is 0 Å². The van der Waals surface area contributed by atoms with E-state index in [0.717, 1.165) is 34.6 Å². The van der Waals surface area contributed by atoms with Gasteiger partial charge >= 0.3 is 0 Å². The van der Waals surface area contributed by atoms with Crippen LogP contribution in [0.3, 0.4) is 0 Å². The molecule has 20 heavy (non-hydrogen) atoms. The molecule has 0 saturated heterocycles. The predicted octanol–water partition coefficient (Wildman–Crippen LogP) is 2.44. The number of nitrogens with one attached hydrogen (secondary N) is 1. The zero-order valence-corrected chi connectivity index (χ0v) is 11.1. The van der Waals surface area contributed by atoms with Crippen molar-refractivity contribution < 1.29 is 9.05 Å². The minimum absolute atomic E-state index is 0.547. The molecule has 3 aromatic heterocycles. The summed E-state index contributed by atoms with van der Waals surface area (Å²) in [7, 11) is 0. The van der Waals surface area contributed by atoms with Crippen molar-refractivity contribution in [3.8, 4) is 11.3 Å². The van der Waals surface area contributed by atoms with Gasteiger partial charge in [0.15, 0.2) is 5.76 Å². The molecule has 0 amide bonds. The smallest absolute Gasteiger partial charge is 0.257 e. The molecule has 1 saturated carbocycles. The zero-order chi connectivity index (χ0) is 13.5. The molecule has 1 aliphatic carbocycles. The third-order valence-electron chi connectivity index (χ3n) is 3.51. The van der Waals surface area contributed by atoms with Gasteiger partial charge in [0.2, 0.25) is 0 Å². The van der Waals surface area contributed by atoms with Gasteiger partial charge in [0.25, 0.3) is 5.71 Å². The summed E-state index contributed by atoms with van der Waals surface area (Å²) in [6.07, 6.45) is 4.24. The highest BCUT2D eigenvalue weighted by molar-refractivity contribution is 5.80. The maximum absolute atomic E-state index is 5.34. The van der Waals surface area contributed by atoms with Gasteiger partial charge in [-0.05, 0) is 25.8 Å². The molecule has 3 heterocycles. The summed E-state index contributed by atoms with van der Waals surface area (Å²) in [5.41, 5.74) is 3.07. The normalized spacial score (nSPS) is 15.1. The average molecular weight is 270 g/mol. The number of fused-ring (bicyclic) bond motifs is 1. The Balaban J connectivity index is 1.62. The lowest BCUT2D eigenvalue weighted by atomic mass is 10.1. The van der Waals surface area contributed by atoms with Crippen molar-refractivity contribution in [2.75, 3.05) is 0 Å². The largest absolute Gasteiger partial charge is 0.359 e. The van der Waals surface area contributed by atoms with Gasteiger partial charge in [0.05, 0.1) is 17.6 Å². The van der Waals surface area contributed by atoms with E-state index in [1.54, 1.807) is 6.20 Å². The van der Waals surface area contributed by atoms with Crippen molar-refractivity contribution in [3.63, 3.8) is 0 Å². The van der Waals surface area contributed by atoms with Crippen molar-refractivity contribution in [2.24, 2.45) is 0 Å². The molecule has 6 nitrogen and oxygen atoms in total. The summed E-state index contributed by atoms with van der Waals surface area (Å²) < 4.78 is 10.4. The maximum atomic E-state index is 5.34. The van der Waals surface area contributed by atoms with E-state index in [1.165, 1.54) is 12.8 Å². The molecule has 0 aliphatic heterocycles. The second kappa shape index (κ2) is 4.42. The highest BCUT2D eigenvalue weighted by Crippen LogP contribution is 2.25. The van der Waals surface area contributed by atoms with Crippen molar-refractivity contribution >= 4 is 11.1 Å². The molecule has 4 rings (SSSR count). The van der Waals surface area contributed by atoms with Gasteiger partial charge in [-0.15, -0.1) is 0 Å². The third kappa shape index (κ3) is 2.08. The van der Waals surface area contributed by atoms with Gasteiger partial charge in [0.1, 0.15) is 5.69 Å². The van der Waals surface area contributed by atoms with Crippen LogP contribution >= 0.6 is 0 Å². The second-order valence-corrected chi connectivity index (χ2v) is 5.18. The first-order chi connectivity index (χ1) is 9.79. The molecular weight excluding hydrogens is 256 g/mol. The van der Waals surface area contributed by atoms with E-state index < -0.39 is 0 Å². The highest BCUT2D eigenvalue weighted by atomic mass is 16.5. The number of aromatic nitrogens is 3. The van der Waals surface area contributed by atoms with Crippen LogP contribution in [0.2, 0.25) is 0 Å². The molecule has 1 aliphatic rings. The summed E-state index contributed by atoms with van der Waals surface area (Å²) in [6.45, 7) is 2.62. The summed E-state index contributed by atoms with van der Waals surface area (Å²) in [6, 6.07) is 4.58. The van der Waals surface area contributed by atoms with Crippen LogP contribution in [0.4, 0.5) is 0 Å². The van der Waals surface area contributed by atoms with E-state index >= 15 is 0 Å². The number of pyridine rings is 1. The lowest BCUT2D eigenvalue weighted by Crippen LogP contribution is -2.14. The van der Waals surface area contributed by atoms with Crippen LogP contribution in [-0.4, -0.2) is 21.3 Å². The molecule has 3 aromatic rings. The van der Waals surface area contributed by atoms with E-state index in [1.807, 2.05) is 19.1 Å². The van der Waals surface area contributed by atoms with Gasteiger partial charge in [0, 0.05) is 23.9 Å². The lowest BCUT2D eigenvalue weighted by Gasteiger charge is -1.96. The summed E-state index contributed by atoms with van der Waals surface area (Å²) in [5, 5.41) is 12.3. The van der Waals surface area contributed by atoms with E-state index in [9.17, 15) is 0 Å². The number of hydrogen-bond acceptors (Lipinski definition) is 6. The van der Waals surface area contributed by atoms with Crippen LogP contribution in [-0.2, 0) is 6.54 Å². The molecule has 0 spiro atoms. The number of rotatable bonds is 4. The molecule has 0 radical (unpaired) electrons. The molecular formula is C14H14N4O2. The molecule has 1 N–H and O–H groups in total. The number of aryl methyl sites for hydroxylation is 1. The Kier molecular flexibility index (Phi) is 2.56. The zero-order valence-electron chi connectivity index (χ0n) is 11.1. The minimum Gasteiger partial charge on any atom is -0.359 e. The van der Waals surface area contributed by atoms with Gasteiger partial charge in [-0.25, -0.2) is 4.98 Å². The standard InChI is InChI=1S/C14H14N4O2/c1-8-12-4-9(6-16-14(12)20-17-8)13-5-11(19-18-13)7-15-10-2-3-10/h4-6,10,15H,2-3,7H2,1H3. The first-order valence-electron chi connectivity index (χ1n) is 6.71. The molecule has 0 atom stereocenters. The van der Waals surface area contributed by atoms with Crippen LogP contribution in [0.15, 0.2) is 27.4 Å². The number of hydrogen-bond donors (Lipinski definition) is 1. The van der Waals surface area contributed by atoms with Crippen LogP contribution in [0.1, 0.15) is 24.3 Å². The predicted molar refractivity (Wildman–Crippen MR) is 71.9 cm³/mol. The number of nitrogens with zero attached hydrogens (tertiary/aromatic N) is 3. The Morgan fingerprint density at radius 2 is 2.15 bits per heavy atom. The summed E-state index contributed by atoms with van der Waals surface area (Å²) in [5.74, 6) is 0.842. The van der Waals surface area contributed by atoms with Crippen LogP contribution in [0, 0.1) is 6.92 Å². The van der Waals surface area contributed by atoms with E-state index in [4.69, 9.17) is 9.05 Å². The van der Waals surface area contributed by atoms with Gasteiger partial charge in [-0.2, -0.15) is 0 Å². The van der Waals surface area contributed by atoms with Crippen molar-refractivity contribution in [2.45, 2.75) is 32.4 Å².